The number of halogens is 2. The minimum atomic E-state index is -3.61. The highest BCUT2D eigenvalue weighted by Gasteiger charge is 2.20. The van der Waals surface area contributed by atoms with E-state index in [0.29, 0.717) is 0 Å². The number of anilines is 2. The maximum absolute atomic E-state index is 12.4. The largest absolute Gasteiger partial charge is 0.397 e. The molecule has 0 aromatic heterocycles. The fourth-order valence-electron chi connectivity index (χ4n) is 1.53. The second-order valence-electron chi connectivity index (χ2n) is 4.28. The summed E-state index contributed by atoms with van der Waals surface area (Å²) in [5.41, 5.74) is 6.21. The van der Waals surface area contributed by atoms with Crippen molar-refractivity contribution in [1.82, 2.24) is 4.31 Å². The topological polar surface area (TPSA) is 66.6 Å². The van der Waals surface area contributed by atoms with Crippen molar-refractivity contribution >= 4 is 21.4 Å². The molecule has 0 amide bonds. The smallest absolute Gasteiger partial charge is 0.255 e. The standard InChI is InChI=1S/C11H17F2N3O2S/c1-15(2)19(17,18)8-4-5-9(14)10(6-8)16(3)7-11(12)13/h4-6,11H,7,14H2,1-3H3. The zero-order valence-corrected chi connectivity index (χ0v) is 11.8. The first-order valence-electron chi connectivity index (χ1n) is 5.47. The second kappa shape index (κ2) is 5.70. The van der Waals surface area contributed by atoms with Crippen molar-refractivity contribution in [3.63, 3.8) is 0 Å². The van der Waals surface area contributed by atoms with Crippen LogP contribution in [0, 0.1) is 0 Å². The molecule has 0 unspecified atom stereocenters. The molecular formula is C11H17F2N3O2S. The molecule has 0 fully saturated rings. The zero-order valence-electron chi connectivity index (χ0n) is 11.0. The lowest BCUT2D eigenvalue weighted by atomic mass is 10.2. The summed E-state index contributed by atoms with van der Waals surface area (Å²) in [6.07, 6.45) is -2.53. The molecule has 1 rings (SSSR count). The number of nitrogens with zero attached hydrogens (tertiary/aromatic N) is 2. The van der Waals surface area contributed by atoms with Crippen LogP contribution < -0.4 is 10.6 Å². The van der Waals surface area contributed by atoms with Crippen molar-refractivity contribution in [2.24, 2.45) is 0 Å². The highest BCUT2D eigenvalue weighted by molar-refractivity contribution is 7.89. The van der Waals surface area contributed by atoms with Gasteiger partial charge in [0.2, 0.25) is 10.0 Å². The molecule has 0 saturated heterocycles. The molecule has 5 nitrogen and oxygen atoms in total. The molecule has 0 aliphatic rings. The fourth-order valence-corrected chi connectivity index (χ4v) is 2.45. The van der Waals surface area contributed by atoms with Crippen molar-refractivity contribution in [3.05, 3.63) is 18.2 Å². The van der Waals surface area contributed by atoms with E-state index in [0.717, 1.165) is 4.31 Å². The maximum Gasteiger partial charge on any atom is 0.255 e. The van der Waals surface area contributed by atoms with Crippen LogP contribution in [0.25, 0.3) is 0 Å². The molecule has 0 spiro atoms. The van der Waals surface area contributed by atoms with E-state index in [-0.39, 0.29) is 16.3 Å². The van der Waals surface area contributed by atoms with Gasteiger partial charge in [-0.2, -0.15) is 0 Å². The van der Waals surface area contributed by atoms with Crippen LogP contribution >= 0.6 is 0 Å². The first-order valence-corrected chi connectivity index (χ1v) is 6.91. The lowest BCUT2D eigenvalue weighted by molar-refractivity contribution is 0.156. The third kappa shape index (κ3) is 3.54. The molecule has 0 aliphatic carbocycles. The monoisotopic (exact) mass is 293 g/mol. The van der Waals surface area contributed by atoms with E-state index in [1.165, 1.54) is 44.2 Å². The number of benzene rings is 1. The lowest BCUT2D eigenvalue weighted by Gasteiger charge is -2.22. The zero-order chi connectivity index (χ0) is 14.8. The van der Waals surface area contributed by atoms with Crippen molar-refractivity contribution in [2.45, 2.75) is 11.3 Å². The van der Waals surface area contributed by atoms with Crippen LogP contribution in [0.4, 0.5) is 20.2 Å². The predicted molar refractivity (Wildman–Crippen MR) is 71.0 cm³/mol. The van der Waals surface area contributed by atoms with Crippen LogP contribution in [0.5, 0.6) is 0 Å². The molecule has 0 heterocycles. The minimum absolute atomic E-state index is 0.0165. The van der Waals surface area contributed by atoms with E-state index >= 15 is 0 Å². The van der Waals surface area contributed by atoms with E-state index in [2.05, 4.69) is 0 Å². The van der Waals surface area contributed by atoms with Gasteiger partial charge < -0.3 is 10.6 Å². The number of rotatable bonds is 5. The molecular weight excluding hydrogens is 276 g/mol. The number of alkyl halides is 2. The Kier molecular flexibility index (Phi) is 4.70. The summed E-state index contributed by atoms with van der Waals surface area (Å²) in [6.45, 7) is -0.518. The van der Waals surface area contributed by atoms with Gasteiger partial charge in [-0.15, -0.1) is 0 Å². The van der Waals surface area contributed by atoms with Gasteiger partial charge in [0.1, 0.15) is 0 Å². The fraction of sp³-hybridized carbons (Fsp3) is 0.455. The number of hydrogen-bond acceptors (Lipinski definition) is 4. The molecule has 108 valence electrons. The van der Waals surface area contributed by atoms with Crippen LogP contribution in [0.15, 0.2) is 23.1 Å². The van der Waals surface area contributed by atoms with Gasteiger partial charge in [0.25, 0.3) is 6.43 Å². The van der Waals surface area contributed by atoms with Crippen molar-refractivity contribution < 1.29 is 17.2 Å². The van der Waals surface area contributed by atoms with Crippen LogP contribution in [0.3, 0.4) is 0 Å². The van der Waals surface area contributed by atoms with Crippen molar-refractivity contribution in [2.75, 3.05) is 38.3 Å². The summed E-state index contributed by atoms with van der Waals surface area (Å²) >= 11 is 0. The Bertz CT molecular complexity index is 547. The van der Waals surface area contributed by atoms with E-state index in [1.807, 2.05) is 0 Å². The Hall–Kier alpha value is -1.41. The van der Waals surface area contributed by atoms with Crippen LogP contribution in [0.2, 0.25) is 0 Å². The van der Waals surface area contributed by atoms with Crippen LogP contribution in [-0.4, -0.2) is 46.8 Å². The molecule has 0 bridgehead atoms. The van der Waals surface area contributed by atoms with Gasteiger partial charge >= 0.3 is 0 Å². The molecule has 2 N–H and O–H groups in total. The average Bonchev–Trinajstić information content (AvgIpc) is 2.27. The highest BCUT2D eigenvalue weighted by Crippen LogP contribution is 2.27. The second-order valence-corrected chi connectivity index (χ2v) is 6.43. The van der Waals surface area contributed by atoms with Crippen molar-refractivity contribution in [3.8, 4) is 0 Å². The van der Waals surface area contributed by atoms with Gasteiger partial charge in [-0.3, -0.25) is 0 Å². The van der Waals surface area contributed by atoms with Crippen LogP contribution in [0.1, 0.15) is 0 Å². The number of nitrogen functional groups attached to an aromatic ring is 1. The summed E-state index contributed by atoms with van der Waals surface area (Å²) in [5, 5.41) is 0. The summed E-state index contributed by atoms with van der Waals surface area (Å²) in [4.78, 5) is 1.25. The molecule has 0 saturated carbocycles. The SMILES string of the molecule is CN(CC(F)F)c1cc(S(=O)(=O)N(C)C)ccc1N. The van der Waals surface area contributed by atoms with Gasteiger partial charge in [0.15, 0.2) is 0 Å². The Morgan fingerprint density at radius 1 is 1.26 bits per heavy atom. The van der Waals surface area contributed by atoms with Crippen LogP contribution in [-0.2, 0) is 10.0 Å². The number of sulfonamides is 1. The number of hydrogen-bond donors (Lipinski definition) is 1. The van der Waals surface area contributed by atoms with E-state index in [9.17, 15) is 17.2 Å². The summed E-state index contributed by atoms with van der Waals surface area (Å²) in [6, 6.07) is 4.05. The van der Waals surface area contributed by atoms with E-state index < -0.39 is 23.0 Å². The summed E-state index contributed by atoms with van der Waals surface area (Å²) < 4.78 is 49.7. The van der Waals surface area contributed by atoms with E-state index in [1.54, 1.807) is 0 Å². The molecule has 0 aliphatic heterocycles. The molecule has 1 aromatic rings. The Morgan fingerprint density at radius 3 is 2.32 bits per heavy atom. The Morgan fingerprint density at radius 2 is 1.84 bits per heavy atom. The van der Waals surface area contributed by atoms with Gasteiger partial charge in [-0.05, 0) is 18.2 Å². The first-order chi connectivity index (χ1) is 8.66. The van der Waals surface area contributed by atoms with Gasteiger partial charge in [-0.1, -0.05) is 0 Å². The molecule has 1 aromatic carbocycles. The predicted octanol–water partition coefficient (Wildman–Crippen LogP) is 1.22. The molecule has 8 heteroatoms. The third-order valence-corrected chi connectivity index (χ3v) is 4.41. The summed E-state index contributed by atoms with van der Waals surface area (Å²) in [7, 11) is 0.614. The lowest BCUT2D eigenvalue weighted by Crippen LogP contribution is -2.26. The highest BCUT2D eigenvalue weighted by atomic mass is 32.2. The molecule has 19 heavy (non-hydrogen) atoms. The quantitative estimate of drug-likeness (QED) is 0.829. The molecule has 0 atom stereocenters. The minimum Gasteiger partial charge on any atom is -0.397 e. The van der Waals surface area contributed by atoms with Crippen molar-refractivity contribution in [1.29, 1.82) is 0 Å². The van der Waals surface area contributed by atoms with Gasteiger partial charge in [-0.25, -0.2) is 21.5 Å². The van der Waals surface area contributed by atoms with Gasteiger partial charge in [0.05, 0.1) is 22.8 Å². The third-order valence-electron chi connectivity index (χ3n) is 2.60. The first kappa shape index (κ1) is 15.6. The normalized spacial score (nSPS) is 12.2. The average molecular weight is 293 g/mol. The van der Waals surface area contributed by atoms with Gasteiger partial charge in [0, 0.05) is 21.1 Å². The maximum atomic E-state index is 12.4. The number of nitrogens with two attached hydrogens (primary N) is 1. The molecule has 0 radical (unpaired) electrons. The van der Waals surface area contributed by atoms with E-state index in [4.69, 9.17) is 5.73 Å². The summed E-state index contributed by atoms with van der Waals surface area (Å²) in [5.74, 6) is 0. The Balaban J connectivity index is 3.22. The Labute approximate surface area is 111 Å².